The van der Waals surface area contributed by atoms with Crippen LogP contribution in [0.4, 0.5) is 0 Å². The van der Waals surface area contributed by atoms with Gasteiger partial charge in [-0.3, -0.25) is 0 Å². The number of piperidine rings is 2. The number of aldehydes is 1. The first-order valence-electron chi connectivity index (χ1n) is 6.64. The molecule has 16 heavy (non-hydrogen) atoms. The Morgan fingerprint density at radius 3 is 2.25 bits per heavy atom. The summed E-state index contributed by atoms with van der Waals surface area (Å²) in [6, 6.07) is 0. The minimum atomic E-state index is 0.341. The molecule has 0 amide bonds. The Morgan fingerprint density at radius 2 is 1.69 bits per heavy atom. The fraction of sp³-hybridized carbons (Fsp3) is 0.923. The number of carbonyl (C=O) groups is 1. The normalized spacial score (nSPS) is 27.1. The highest BCUT2D eigenvalue weighted by molar-refractivity contribution is 5.53. The number of hydrogen-bond donors (Lipinski definition) is 0. The zero-order valence-corrected chi connectivity index (χ0v) is 10.4. The van der Waals surface area contributed by atoms with Gasteiger partial charge in [0.15, 0.2) is 0 Å². The van der Waals surface area contributed by atoms with Crippen molar-refractivity contribution in [2.75, 3.05) is 39.8 Å². The van der Waals surface area contributed by atoms with Gasteiger partial charge in [0.1, 0.15) is 6.29 Å². The van der Waals surface area contributed by atoms with Gasteiger partial charge in [-0.2, -0.15) is 0 Å². The monoisotopic (exact) mass is 224 g/mol. The second-order valence-electron chi connectivity index (χ2n) is 5.52. The minimum Gasteiger partial charge on any atom is -0.306 e. The van der Waals surface area contributed by atoms with Gasteiger partial charge in [0.25, 0.3) is 0 Å². The van der Waals surface area contributed by atoms with Crippen molar-refractivity contribution in [2.24, 2.45) is 11.8 Å². The van der Waals surface area contributed by atoms with Gasteiger partial charge >= 0.3 is 0 Å². The SMILES string of the molecule is CN1CCC(CN2CCC(C=O)CC2)CC1. The largest absolute Gasteiger partial charge is 0.306 e. The summed E-state index contributed by atoms with van der Waals surface area (Å²) in [5.41, 5.74) is 0. The Bertz CT molecular complexity index is 216. The Kier molecular flexibility index (Phi) is 4.36. The molecule has 0 aromatic heterocycles. The molecule has 2 saturated heterocycles. The smallest absolute Gasteiger partial charge is 0.123 e. The van der Waals surface area contributed by atoms with E-state index in [-0.39, 0.29) is 0 Å². The number of hydrogen-bond acceptors (Lipinski definition) is 3. The molecule has 0 radical (unpaired) electrons. The number of carbonyl (C=O) groups excluding carboxylic acids is 1. The summed E-state index contributed by atoms with van der Waals surface area (Å²) in [7, 11) is 2.21. The summed E-state index contributed by atoms with van der Waals surface area (Å²) in [4.78, 5) is 15.7. The van der Waals surface area contributed by atoms with Crippen molar-refractivity contribution < 1.29 is 4.79 Å². The third-order valence-electron chi connectivity index (χ3n) is 4.18. The van der Waals surface area contributed by atoms with Crippen LogP contribution in [0.2, 0.25) is 0 Å². The zero-order valence-electron chi connectivity index (χ0n) is 10.4. The molecule has 3 nitrogen and oxygen atoms in total. The van der Waals surface area contributed by atoms with Crippen LogP contribution < -0.4 is 0 Å². The van der Waals surface area contributed by atoms with Crippen LogP contribution in [0.5, 0.6) is 0 Å². The Balaban J connectivity index is 1.68. The summed E-state index contributed by atoms with van der Waals surface area (Å²) in [6.07, 6.45) is 6.01. The number of rotatable bonds is 3. The third-order valence-corrected chi connectivity index (χ3v) is 4.18. The van der Waals surface area contributed by atoms with Crippen molar-refractivity contribution in [2.45, 2.75) is 25.7 Å². The van der Waals surface area contributed by atoms with Crippen LogP contribution >= 0.6 is 0 Å². The predicted octanol–water partition coefficient (Wildman–Crippen LogP) is 1.24. The van der Waals surface area contributed by atoms with E-state index in [1.165, 1.54) is 32.5 Å². The topological polar surface area (TPSA) is 23.6 Å². The van der Waals surface area contributed by atoms with E-state index in [1.807, 2.05) is 0 Å². The second kappa shape index (κ2) is 5.78. The first-order chi connectivity index (χ1) is 7.78. The van der Waals surface area contributed by atoms with Crippen LogP contribution in [-0.2, 0) is 4.79 Å². The summed E-state index contributed by atoms with van der Waals surface area (Å²) < 4.78 is 0. The van der Waals surface area contributed by atoms with Gasteiger partial charge in [0, 0.05) is 12.5 Å². The Morgan fingerprint density at radius 1 is 1.06 bits per heavy atom. The lowest BCUT2D eigenvalue weighted by molar-refractivity contribution is -0.112. The van der Waals surface area contributed by atoms with Crippen LogP contribution in [0.1, 0.15) is 25.7 Å². The number of nitrogens with zero attached hydrogens (tertiary/aromatic N) is 2. The van der Waals surface area contributed by atoms with Crippen molar-refractivity contribution in [3.05, 3.63) is 0 Å². The minimum absolute atomic E-state index is 0.341. The summed E-state index contributed by atoms with van der Waals surface area (Å²) in [6.45, 7) is 6.05. The van der Waals surface area contributed by atoms with Crippen molar-refractivity contribution in [3.8, 4) is 0 Å². The molecule has 2 rings (SSSR count). The van der Waals surface area contributed by atoms with Gasteiger partial charge in [0.05, 0.1) is 0 Å². The van der Waals surface area contributed by atoms with Gasteiger partial charge < -0.3 is 14.6 Å². The predicted molar refractivity (Wildman–Crippen MR) is 65.4 cm³/mol. The molecule has 0 spiro atoms. The molecule has 0 bridgehead atoms. The van der Waals surface area contributed by atoms with E-state index in [9.17, 15) is 4.79 Å². The molecular formula is C13H24N2O. The lowest BCUT2D eigenvalue weighted by Gasteiger charge is -2.35. The first kappa shape index (κ1) is 12.1. The van der Waals surface area contributed by atoms with Crippen LogP contribution in [-0.4, -0.2) is 55.9 Å². The average Bonchev–Trinajstić information content (AvgIpc) is 2.33. The molecule has 0 atom stereocenters. The van der Waals surface area contributed by atoms with Gasteiger partial charge in [-0.05, 0) is 64.8 Å². The van der Waals surface area contributed by atoms with Gasteiger partial charge in [-0.1, -0.05) is 0 Å². The van der Waals surface area contributed by atoms with Crippen LogP contribution in [0.25, 0.3) is 0 Å². The highest BCUT2D eigenvalue weighted by atomic mass is 16.1. The lowest BCUT2D eigenvalue weighted by Crippen LogP contribution is -2.40. The van der Waals surface area contributed by atoms with Crippen molar-refractivity contribution in [1.82, 2.24) is 9.80 Å². The number of likely N-dealkylation sites (tertiary alicyclic amines) is 2. The molecule has 2 aliphatic heterocycles. The molecule has 0 aromatic carbocycles. The summed E-state index contributed by atoms with van der Waals surface area (Å²) in [5.74, 6) is 1.23. The summed E-state index contributed by atoms with van der Waals surface area (Å²) >= 11 is 0. The van der Waals surface area contributed by atoms with E-state index >= 15 is 0 Å². The molecule has 0 aliphatic carbocycles. The second-order valence-corrected chi connectivity index (χ2v) is 5.52. The Labute approximate surface area is 98.8 Å². The van der Waals surface area contributed by atoms with Crippen LogP contribution in [0, 0.1) is 11.8 Å². The van der Waals surface area contributed by atoms with E-state index in [2.05, 4.69) is 16.8 Å². The highest BCUT2D eigenvalue weighted by Crippen LogP contribution is 2.21. The van der Waals surface area contributed by atoms with Crippen LogP contribution in [0.15, 0.2) is 0 Å². The quantitative estimate of drug-likeness (QED) is 0.674. The van der Waals surface area contributed by atoms with Crippen molar-refractivity contribution in [1.29, 1.82) is 0 Å². The standard InChI is InChI=1S/C13H24N2O/c1-14-6-2-12(3-7-14)10-15-8-4-13(11-16)5-9-15/h11-13H,2-10H2,1H3. The fourth-order valence-electron chi connectivity index (χ4n) is 2.88. The van der Waals surface area contributed by atoms with Crippen molar-refractivity contribution >= 4 is 6.29 Å². The molecule has 0 aromatic rings. The van der Waals surface area contributed by atoms with E-state index < -0.39 is 0 Å². The third kappa shape index (κ3) is 3.29. The molecule has 3 heteroatoms. The highest BCUT2D eigenvalue weighted by Gasteiger charge is 2.23. The van der Waals surface area contributed by atoms with Crippen molar-refractivity contribution in [3.63, 3.8) is 0 Å². The molecule has 2 fully saturated rings. The first-order valence-corrected chi connectivity index (χ1v) is 6.64. The molecule has 0 unspecified atom stereocenters. The van der Waals surface area contributed by atoms with Gasteiger partial charge in [-0.15, -0.1) is 0 Å². The zero-order chi connectivity index (χ0) is 11.4. The summed E-state index contributed by atoms with van der Waals surface area (Å²) in [5, 5.41) is 0. The Hall–Kier alpha value is -0.410. The van der Waals surface area contributed by atoms with E-state index in [0.717, 1.165) is 38.1 Å². The molecular weight excluding hydrogens is 200 g/mol. The molecule has 92 valence electrons. The molecule has 2 heterocycles. The van der Waals surface area contributed by atoms with E-state index in [4.69, 9.17) is 0 Å². The van der Waals surface area contributed by atoms with Gasteiger partial charge in [-0.25, -0.2) is 0 Å². The maximum atomic E-state index is 10.7. The van der Waals surface area contributed by atoms with Crippen LogP contribution in [0.3, 0.4) is 0 Å². The average molecular weight is 224 g/mol. The lowest BCUT2D eigenvalue weighted by atomic mass is 9.93. The fourth-order valence-corrected chi connectivity index (χ4v) is 2.88. The van der Waals surface area contributed by atoms with E-state index in [0.29, 0.717) is 5.92 Å². The molecule has 0 saturated carbocycles. The molecule has 2 aliphatic rings. The van der Waals surface area contributed by atoms with E-state index in [1.54, 1.807) is 0 Å². The molecule has 0 N–H and O–H groups in total. The maximum absolute atomic E-state index is 10.7. The van der Waals surface area contributed by atoms with Gasteiger partial charge in [0.2, 0.25) is 0 Å². The maximum Gasteiger partial charge on any atom is 0.123 e.